The Morgan fingerprint density at radius 2 is 1.94 bits per heavy atom. The molecule has 0 heterocycles. The van der Waals surface area contributed by atoms with E-state index in [2.05, 4.69) is 12.2 Å². The van der Waals surface area contributed by atoms with Gasteiger partial charge in [0.2, 0.25) is 0 Å². The summed E-state index contributed by atoms with van der Waals surface area (Å²) in [5.74, 6) is 0.315. The maximum absolute atomic E-state index is 11.9. The van der Waals surface area contributed by atoms with E-state index in [1.807, 2.05) is 6.92 Å². The number of allylic oxidation sites excluding steroid dienone is 2. The summed E-state index contributed by atoms with van der Waals surface area (Å²) in [6, 6.07) is 6.73. The van der Waals surface area contributed by atoms with Crippen molar-refractivity contribution in [1.82, 2.24) is 0 Å². The predicted molar refractivity (Wildman–Crippen MR) is 70.8 cm³/mol. The van der Waals surface area contributed by atoms with Crippen molar-refractivity contribution in [2.24, 2.45) is 5.92 Å². The van der Waals surface area contributed by atoms with Gasteiger partial charge < -0.3 is 0 Å². The fourth-order valence-electron chi connectivity index (χ4n) is 1.97. The zero-order valence-corrected chi connectivity index (χ0v) is 11.3. The third kappa shape index (κ3) is 3.43. The summed E-state index contributed by atoms with van der Waals surface area (Å²) < 4.78 is 29.0. The second kappa shape index (κ2) is 5.67. The van der Waals surface area contributed by atoms with Crippen molar-refractivity contribution < 1.29 is 12.6 Å². The van der Waals surface area contributed by atoms with Crippen molar-refractivity contribution in [2.75, 3.05) is 6.61 Å². The standard InChI is InChI=1S/C14H18O3S/c1-12-7-9-14(10-8-12)18(15,16)17-11-13-5-3-2-4-6-13/h2-3,7-10,13H,4-6,11H2,1H3/t13-/m1/s1. The van der Waals surface area contributed by atoms with Gasteiger partial charge in [-0.15, -0.1) is 0 Å². The molecule has 1 aromatic carbocycles. The molecule has 4 heteroatoms. The van der Waals surface area contributed by atoms with Gasteiger partial charge in [0.25, 0.3) is 10.1 Å². The average molecular weight is 266 g/mol. The fourth-order valence-corrected chi connectivity index (χ4v) is 2.94. The van der Waals surface area contributed by atoms with E-state index in [0.717, 1.165) is 24.8 Å². The van der Waals surface area contributed by atoms with Crippen LogP contribution in [0.15, 0.2) is 41.3 Å². The molecule has 1 aliphatic carbocycles. The molecule has 0 saturated carbocycles. The van der Waals surface area contributed by atoms with Gasteiger partial charge in [-0.25, -0.2) is 0 Å². The van der Waals surface area contributed by atoms with E-state index >= 15 is 0 Å². The second-order valence-corrected chi connectivity index (χ2v) is 6.32. The molecule has 18 heavy (non-hydrogen) atoms. The molecular formula is C14H18O3S. The van der Waals surface area contributed by atoms with Crippen LogP contribution in [0.1, 0.15) is 24.8 Å². The lowest BCUT2D eigenvalue weighted by Crippen LogP contribution is -2.15. The van der Waals surface area contributed by atoms with Gasteiger partial charge in [-0.1, -0.05) is 29.8 Å². The molecule has 2 rings (SSSR count). The quantitative estimate of drug-likeness (QED) is 0.621. The van der Waals surface area contributed by atoms with E-state index < -0.39 is 10.1 Å². The Bertz CT molecular complexity index is 514. The molecule has 1 atom stereocenters. The van der Waals surface area contributed by atoms with Gasteiger partial charge >= 0.3 is 0 Å². The molecule has 0 radical (unpaired) electrons. The minimum atomic E-state index is -3.60. The normalized spacial score (nSPS) is 19.9. The Balaban J connectivity index is 1.99. The molecule has 98 valence electrons. The summed E-state index contributed by atoms with van der Waals surface area (Å²) in [6.07, 6.45) is 7.14. The van der Waals surface area contributed by atoms with E-state index in [1.54, 1.807) is 24.3 Å². The van der Waals surface area contributed by atoms with Crippen molar-refractivity contribution >= 4 is 10.1 Å². The van der Waals surface area contributed by atoms with E-state index in [0.29, 0.717) is 5.92 Å². The monoisotopic (exact) mass is 266 g/mol. The van der Waals surface area contributed by atoms with Gasteiger partial charge in [-0.2, -0.15) is 8.42 Å². The number of hydrogen-bond acceptors (Lipinski definition) is 3. The fraction of sp³-hybridized carbons (Fsp3) is 0.429. The molecular weight excluding hydrogens is 248 g/mol. The van der Waals surface area contributed by atoms with Crippen LogP contribution in [0.25, 0.3) is 0 Å². The third-order valence-electron chi connectivity index (χ3n) is 3.15. The maximum Gasteiger partial charge on any atom is 0.296 e. The zero-order chi connectivity index (χ0) is 13.0. The van der Waals surface area contributed by atoms with E-state index in [-0.39, 0.29) is 11.5 Å². The molecule has 0 aromatic heterocycles. The first-order valence-corrected chi connectivity index (χ1v) is 7.60. The van der Waals surface area contributed by atoms with Gasteiger partial charge in [0, 0.05) is 0 Å². The average Bonchev–Trinajstić information content (AvgIpc) is 2.38. The largest absolute Gasteiger partial charge is 0.296 e. The van der Waals surface area contributed by atoms with Crippen LogP contribution in [0.3, 0.4) is 0 Å². The molecule has 0 unspecified atom stereocenters. The van der Waals surface area contributed by atoms with Crippen LogP contribution in [-0.2, 0) is 14.3 Å². The molecule has 1 aliphatic rings. The molecule has 0 fully saturated rings. The summed E-state index contributed by atoms with van der Waals surface area (Å²) in [6.45, 7) is 2.20. The van der Waals surface area contributed by atoms with Gasteiger partial charge in [0.1, 0.15) is 0 Å². The summed E-state index contributed by atoms with van der Waals surface area (Å²) >= 11 is 0. The smallest absolute Gasteiger partial charge is 0.266 e. The minimum absolute atomic E-state index is 0.236. The predicted octanol–water partition coefficient (Wildman–Crippen LogP) is 3.06. The van der Waals surface area contributed by atoms with Crippen LogP contribution >= 0.6 is 0 Å². The molecule has 0 bridgehead atoms. The molecule has 0 aliphatic heterocycles. The Labute approximate surface area is 109 Å². The highest BCUT2D eigenvalue weighted by Crippen LogP contribution is 2.21. The van der Waals surface area contributed by atoms with E-state index in [4.69, 9.17) is 4.18 Å². The number of benzene rings is 1. The second-order valence-electron chi connectivity index (χ2n) is 4.70. The Morgan fingerprint density at radius 3 is 2.56 bits per heavy atom. The van der Waals surface area contributed by atoms with Crippen LogP contribution in [0.2, 0.25) is 0 Å². The highest BCUT2D eigenvalue weighted by Gasteiger charge is 2.18. The van der Waals surface area contributed by atoms with Crippen LogP contribution < -0.4 is 0 Å². The van der Waals surface area contributed by atoms with Crippen molar-refractivity contribution in [3.05, 3.63) is 42.0 Å². The topological polar surface area (TPSA) is 43.4 Å². The number of hydrogen-bond donors (Lipinski definition) is 0. The Hall–Kier alpha value is -1.13. The lowest BCUT2D eigenvalue weighted by Gasteiger charge is -2.17. The highest BCUT2D eigenvalue weighted by atomic mass is 32.2. The lowest BCUT2D eigenvalue weighted by molar-refractivity contribution is 0.244. The summed E-state index contributed by atoms with van der Waals surface area (Å²) in [4.78, 5) is 0.236. The van der Waals surface area contributed by atoms with Crippen molar-refractivity contribution in [2.45, 2.75) is 31.1 Å². The highest BCUT2D eigenvalue weighted by molar-refractivity contribution is 7.86. The Morgan fingerprint density at radius 1 is 1.22 bits per heavy atom. The van der Waals surface area contributed by atoms with E-state index in [9.17, 15) is 8.42 Å². The van der Waals surface area contributed by atoms with E-state index in [1.165, 1.54) is 0 Å². The first-order valence-electron chi connectivity index (χ1n) is 6.19. The summed E-state index contributed by atoms with van der Waals surface area (Å²) in [7, 11) is -3.60. The molecule has 3 nitrogen and oxygen atoms in total. The molecule has 1 aromatic rings. The van der Waals surface area contributed by atoms with Crippen LogP contribution in [0.5, 0.6) is 0 Å². The molecule has 0 amide bonds. The van der Waals surface area contributed by atoms with Gasteiger partial charge in [0.05, 0.1) is 11.5 Å². The molecule has 0 saturated heterocycles. The van der Waals surface area contributed by atoms with Crippen LogP contribution in [0.4, 0.5) is 0 Å². The van der Waals surface area contributed by atoms with Gasteiger partial charge in [-0.05, 0) is 44.2 Å². The van der Waals surface area contributed by atoms with Crippen molar-refractivity contribution in [1.29, 1.82) is 0 Å². The first-order chi connectivity index (χ1) is 8.58. The van der Waals surface area contributed by atoms with Crippen molar-refractivity contribution in [3.63, 3.8) is 0 Å². The van der Waals surface area contributed by atoms with Crippen LogP contribution in [0, 0.1) is 12.8 Å². The number of aryl methyl sites for hydroxylation is 1. The first kappa shape index (κ1) is 13.3. The van der Waals surface area contributed by atoms with Crippen LogP contribution in [-0.4, -0.2) is 15.0 Å². The number of rotatable bonds is 4. The summed E-state index contributed by atoms with van der Waals surface area (Å²) in [5, 5.41) is 0. The zero-order valence-electron chi connectivity index (χ0n) is 10.5. The minimum Gasteiger partial charge on any atom is -0.266 e. The molecule has 0 spiro atoms. The maximum atomic E-state index is 11.9. The van der Waals surface area contributed by atoms with Crippen molar-refractivity contribution in [3.8, 4) is 0 Å². The SMILES string of the molecule is Cc1ccc(S(=O)(=O)OC[C@@H]2CC=CCC2)cc1. The Kier molecular flexibility index (Phi) is 4.19. The molecule has 0 N–H and O–H groups in total. The summed E-state index contributed by atoms with van der Waals surface area (Å²) in [5.41, 5.74) is 1.03. The van der Waals surface area contributed by atoms with Gasteiger partial charge in [-0.3, -0.25) is 4.18 Å². The van der Waals surface area contributed by atoms with Gasteiger partial charge in [0.15, 0.2) is 0 Å². The third-order valence-corrected chi connectivity index (χ3v) is 4.44. The lowest BCUT2D eigenvalue weighted by atomic mass is 9.96.